The second-order valence-electron chi connectivity index (χ2n) is 9.28. The molecule has 0 unspecified atom stereocenters. The van der Waals surface area contributed by atoms with Gasteiger partial charge in [0, 0.05) is 43.4 Å². The largest absolute Gasteiger partial charge is 0.497 e. The van der Waals surface area contributed by atoms with Gasteiger partial charge in [0.05, 0.1) is 28.8 Å². The van der Waals surface area contributed by atoms with Crippen LogP contribution in [0.1, 0.15) is 49.5 Å². The van der Waals surface area contributed by atoms with E-state index in [9.17, 15) is 9.90 Å². The third kappa shape index (κ3) is 5.62. The van der Waals surface area contributed by atoms with Crippen molar-refractivity contribution in [1.82, 2.24) is 19.9 Å². The minimum atomic E-state index is -0.252. The second kappa shape index (κ2) is 10.7. The molecule has 3 aromatic heterocycles. The van der Waals surface area contributed by atoms with E-state index in [0.717, 1.165) is 47.0 Å². The summed E-state index contributed by atoms with van der Waals surface area (Å²) in [5, 5.41) is 14.1. The van der Waals surface area contributed by atoms with Gasteiger partial charge in [0.1, 0.15) is 17.4 Å². The van der Waals surface area contributed by atoms with Gasteiger partial charge in [0.2, 0.25) is 5.91 Å². The Kier molecular flexibility index (Phi) is 7.24. The molecule has 0 bridgehead atoms. The Hall–Kier alpha value is -3.04. The Morgan fingerprint density at radius 3 is 2.66 bits per heavy atom. The fraction of sp³-hybridized carbons (Fsp3) is 0.462. The van der Waals surface area contributed by atoms with E-state index in [2.05, 4.69) is 10.3 Å². The van der Waals surface area contributed by atoms with Crippen LogP contribution in [0.25, 0.3) is 10.6 Å². The average Bonchev–Trinajstić information content (AvgIpc) is 3.40. The number of hydrogen-bond donors (Lipinski definition) is 2. The number of anilines is 2. The highest BCUT2D eigenvalue weighted by molar-refractivity contribution is 7.15. The topological polar surface area (TPSA) is 100 Å². The van der Waals surface area contributed by atoms with E-state index in [-0.39, 0.29) is 17.9 Å². The van der Waals surface area contributed by atoms with E-state index >= 15 is 0 Å². The lowest BCUT2D eigenvalue weighted by Gasteiger charge is -2.34. The number of ether oxygens (including phenoxy) is 1. The molecule has 9 heteroatoms. The summed E-state index contributed by atoms with van der Waals surface area (Å²) in [5.41, 5.74) is 0.873. The minimum absolute atomic E-state index is 0.107. The average molecular weight is 494 g/mol. The molecule has 184 valence electrons. The van der Waals surface area contributed by atoms with Crippen LogP contribution in [0.5, 0.6) is 5.75 Å². The number of hydrogen-bond acceptors (Lipinski definition) is 8. The third-order valence-corrected chi connectivity index (χ3v) is 8.13. The van der Waals surface area contributed by atoms with Crippen LogP contribution >= 0.6 is 11.3 Å². The van der Waals surface area contributed by atoms with Gasteiger partial charge in [-0.3, -0.25) is 4.79 Å². The number of amides is 1. The number of pyridine rings is 2. The zero-order valence-electron chi connectivity index (χ0n) is 19.9. The number of likely N-dealkylation sites (tertiary alicyclic amines) is 1. The number of carbonyl (C=O) groups excluding carboxylic acids is 1. The van der Waals surface area contributed by atoms with Crippen LogP contribution in [0.2, 0.25) is 0 Å². The summed E-state index contributed by atoms with van der Waals surface area (Å²) in [5.74, 6) is 2.89. The van der Waals surface area contributed by atoms with Gasteiger partial charge >= 0.3 is 0 Å². The number of aliphatic hydroxyl groups excluding tert-OH is 1. The normalized spacial score (nSPS) is 21.0. The van der Waals surface area contributed by atoms with Crippen LogP contribution in [0, 0.1) is 5.92 Å². The van der Waals surface area contributed by atoms with Crippen molar-refractivity contribution in [2.75, 3.05) is 25.5 Å². The zero-order chi connectivity index (χ0) is 24.2. The number of thiazole rings is 1. The highest BCUT2D eigenvalue weighted by atomic mass is 32.1. The van der Waals surface area contributed by atoms with Gasteiger partial charge < -0.3 is 20.1 Å². The number of nitrogens with zero attached hydrogens (tertiary/aromatic N) is 4. The highest BCUT2D eigenvalue weighted by Crippen LogP contribution is 2.40. The van der Waals surface area contributed by atoms with Crippen molar-refractivity contribution in [3.8, 4) is 16.3 Å². The molecule has 0 atom stereocenters. The molecule has 5 rings (SSSR count). The van der Waals surface area contributed by atoms with Crippen molar-refractivity contribution in [2.24, 2.45) is 5.92 Å². The van der Waals surface area contributed by atoms with E-state index < -0.39 is 0 Å². The van der Waals surface area contributed by atoms with E-state index in [0.29, 0.717) is 43.5 Å². The van der Waals surface area contributed by atoms with Crippen molar-refractivity contribution >= 4 is 28.9 Å². The molecule has 2 aliphatic rings. The SMILES string of the molecule is COc1ccnc(Nc2cccc(-c3cnc([C@H]4CC[C@H](C(=O)N5CCC(O)CC5)CC4)s3)n2)c1. The molecule has 1 aliphatic carbocycles. The molecule has 0 aromatic carbocycles. The Bertz CT molecular complexity index is 1150. The van der Waals surface area contributed by atoms with E-state index in [1.165, 1.54) is 0 Å². The smallest absolute Gasteiger partial charge is 0.225 e. The maximum Gasteiger partial charge on any atom is 0.225 e. The number of aliphatic hydroxyl groups is 1. The van der Waals surface area contributed by atoms with Crippen LogP contribution in [-0.2, 0) is 4.79 Å². The molecule has 35 heavy (non-hydrogen) atoms. The van der Waals surface area contributed by atoms with Crippen molar-refractivity contribution in [2.45, 2.75) is 50.5 Å². The second-order valence-corrected chi connectivity index (χ2v) is 10.3. The molecule has 0 spiro atoms. The van der Waals surface area contributed by atoms with Crippen LogP contribution in [0.3, 0.4) is 0 Å². The molecule has 1 saturated carbocycles. The Balaban J connectivity index is 1.20. The maximum atomic E-state index is 12.9. The third-order valence-electron chi connectivity index (χ3n) is 6.95. The van der Waals surface area contributed by atoms with Gasteiger partial charge in [-0.15, -0.1) is 11.3 Å². The van der Waals surface area contributed by atoms with Crippen molar-refractivity contribution in [3.05, 3.63) is 47.7 Å². The molecule has 1 saturated heterocycles. The number of methoxy groups -OCH3 is 1. The number of nitrogens with one attached hydrogen (secondary N) is 1. The first-order valence-corrected chi connectivity index (χ1v) is 13.1. The van der Waals surface area contributed by atoms with E-state index in [4.69, 9.17) is 14.7 Å². The first kappa shape index (κ1) is 23.7. The number of aromatic nitrogens is 3. The molecular formula is C26H31N5O3S. The molecule has 0 radical (unpaired) electrons. The van der Waals surface area contributed by atoms with Crippen LogP contribution in [-0.4, -0.2) is 57.2 Å². The summed E-state index contributed by atoms with van der Waals surface area (Å²) >= 11 is 1.69. The van der Waals surface area contributed by atoms with Crippen molar-refractivity contribution < 1.29 is 14.6 Å². The van der Waals surface area contributed by atoms with E-state index in [1.807, 2.05) is 35.4 Å². The number of piperidine rings is 1. The molecule has 8 nitrogen and oxygen atoms in total. The molecule has 2 N–H and O–H groups in total. The number of carbonyl (C=O) groups is 1. The maximum absolute atomic E-state index is 12.9. The first-order valence-electron chi connectivity index (χ1n) is 12.3. The van der Waals surface area contributed by atoms with Crippen LogP contribution in [0.15, 0.2) is 42.7 Å². The van der Waals surface area contributed by atoms with Gasteiger partial charge in [-0.25, -0.2) is 15.0 Å². The molecule has 4 heterocycles. The molecular weight excluding hydrogens is 462 g/mol. The van der Waals surface area contributed by atoms with Gasteiger partial charge in [-0.2, -0.15) is 0 Å². The predicted octanol–water partition coefficient (Wildman–Crippen LogP) is 4.61. The quantitative estimate of drug-likeness (QED) is 0.517. The minimum Gasteiger partial charge on any atom is -0.497 e. The molecule has 3 aromatic rings. The Labute approximate surface area is 209 Å². The van der Waals surface area contributed by atoms with Crippen LogP contribution < -0.4 is 10.1 Å². The van der Waals surface area contributed by atoms with E-state index in [1.54, 1.807) is 30.7 Å². The predicted molar refractivity (Wildman–Crippen MR) is 136 cm³/mol. The summed E-state index contributed by atoms with van der Waals surface area (Å²) in [4.78, 5) is 29.7. The lowest BCUT2D eigenvalue weighted by atomic mass is 9.81. The van der Waals surface area contributed by atoms with Crippen molar-refractivity contribution in [1.29, 1.82) is 0 Å². The Morgan fingerprint density at radius 2 is 1.89 bits per heavy atom. The summed E-state index contributed by atoms with van der Waals surface area (Å²) in [6.45, 7) is 1.37. The molecule has 2 fully saturated rings. The van der Waals surface area contributed by atoms with Crippen LogP contribution in [0.4, 0.5) is 11.6 Å². The van der Waals surface area contributed by atoms with Gasteiger partial charge in [-0.1, -0.05) is 6.07 Å². The van der Waals surface area contributed by atoms with Crippen molar-refractivity contribution in [3.63, 3.8) is 0 Å². The highest BCUT2D eigenvalue weighted by Gasteiger charge is 2.32. The lowest BCUT2D eigenvalue weighted by Crippen LogP contribution is -2.43. The number of rotatable bonds is 6. The fourth-order valence-electron chi connectivity index (χ4n) is 4.91. The summed E-state index contributed by atoms with van der Waals surface area (Å²) in [6, 6.07) is 9.51. The Morgan fingerprint density at radius 1 is 1.09 bits per heavy atom. The van der Waals surface area contributed by atoms with Gasteiger partial charge in [0.15, 0.2) is 0 Å². The fourth-order valence-corrected chi connectivity index (χ4v) is 5.96. The molecule has 1 aliphatic heterocycles. The summed E-state index contributed by atoms with van der Waals surface area (Å²) < 4.78 is 5.26. The first-order chi connectivity index (χ1) is 17.1. The zero-order valence-corrected chi connectivity index (χ0v) is 20.7. The summed E-state index contributed by atoms with van der Waals surface area (Å²) in [7, 11) is 1.63. The lowest BCUT2D eigenvalue weighted by molar-refractivity contribution is -0.138. The molecule has 1 amide bonds. The standard InChI is InChI=1S/C26H31N5O3S/c1-34-20-9-12-27-24(15-20)30-23-4-2-3-21(29-23)22-16-28-25(35-22)17-5-7-18(8-6-17)26(33)31-13-10-19(32)11-14-31/h2-4,9,12,15-19,32H,5-8,10-11,13-14H2,1H3,(H,27,29,30)/t17-,18-. The van der Waals surface area contributed by atoms with Gasteiger partial charge in [0.25, 0.3) is 0 Å². The monoisotopic (exact) mass is 493 g/mol. The summed E-state index contributed by atoms with van der Waals surface area (Å²) in [6.07, 6.45) is 8.52. The van der Waals surface area contributed by atoms with Gasteiger partial charge in [-0.05, 0) is 56.7 Å².